The zero-order valence-corrected chi connectivity index (χ0v) is 10.1. The van der Waals surface area contributed by atoms with E-state index in [1.165, 1.54) is 16.7 Å². The smallest absolute Gasteiger partial charge is 0.0266 e. The first-order valence-electron chi connectivity index (χ1n) is 5.18. The second-order valence-electron chi connectivity index (χ2n) is 3.78. The highest BCUT2D eigenvalue weighted by molar-refractivity contribution is 5.85. The van der Waals surface area contributed by atoms with Gasteiger partial charge in [-0.25, -0.2) is 0 Å². The third-order valence-electron chi connectivity index (χ3n) is 2.54. The Labute approximate surface area is 103 Å². The summed E-state index contributed by atoms with van der Waals surface area (Å²) in [5.74, 6) is 0. The van der Waals surface area contributed by atoms with Crippen LogP contribution in [0.4, 0.5) is 0 Å². The van der Waals surface area contributed by atoms with Gasteiger partial charge in [0.05, 0.1) is 0 Å². The Kier molecular flexibility index (Phi) is 4.53. The van der Waals surface area contributed by atoms with Gasteiger partial charge in [0.15, 0.2) is 0 Å². The molecule has 1 atom stereocenters. The highest BCUT2D eigenvalue weighted by Crippen LogP contribution is 2.20. The maximum atomic E-state index is 5.80. The summed E-state index contributed by atoms with van der Waals surface area (Å²) in [6.45, 7) is 2.00. The second-order valence-corrected chi connectivity index (χ2v) is 3.78. The molecular formula is C14H16ClN. The van der Waals surface area contributed by atoms with Crippen molar-refractivity contribution < 1.29 is 0 Å². The Balaban J connectivity index is 0.00000128. The van der Waals surface area contributed by atoms with E-state index in [4.69, 9.17) is 5.73 Å². The highest BCUT2D eigenvalue weighted by Gasteiger charge is 1.99. The fourth-order valence-electron chi connectivity index (χ4n) is 1.61. The van der Waals surface area contributed by atoms with Crippen LogP contribution in [0.5, 0.6) is 0 Å². The van der Waals surface area contributed by atoms with Crippen LogP contribution < -0.4 is 5.73 Å². The number of hydrogen-bond donors (Lipinski definition) is 1. The van der Waals surface area contributed by atoms with Crippen LogP contribution in [-0.2, 0) is 0 Å². The van der Waals surface area contributed by atoms with E-state index in [-0.39, 0.29) is 18.4 Å². The summed E-state index contributed by atoms with van der Waals surface area (Å²) in [6.07, 6.45) is 0. The van der Waals surface area contributed by atoms with Crippen molar-refractivity contribution in [2.75, 3.05) is 0 Å². The van der Waals surface area contributed by atoms with E-state index in [9.17, 15) is 0 Å². The summed E-state index contributed by atoms with van der Waals surface area (Å²) in [6, 6.07) is 18.9. The molecule has 2 heteroatoms. The van der Waals surface area contributed by atoms with Crippen molar-refractivity contribution in [2.24, 2.45) is 5.73 Å². The van der Waals surface area contributed by atoms with Gasteiger partial charge in [0.1, 0.15) is 0 Å². The lowest BCUT2D eigenvalue weighted by molar-refractivity contribution is 0.818. The number of nitrogens with two attached hydrogens (primary N) is 1. The lowest BCUT2D eigenvalue weighted by Gasteiger charge is -2.06. The molecule has 84 valence electrons. The van der Waals surface area contributed by atoms with Crippen LogP contribution in [0.3, 0.4) is 0 Å². The van der Waals surface area contributed by atoms with E-state index in [2.05, 4.69) is 48.5 Å². The van der Waals surface area contributed by atoms with Crippen LogP contribution in [0.2, 0.25) is 0 Å². The molecule has 0 bridgehead atoms. The van der Waals surface area contributed by atoms with Crippen molar-refractivity contribution in [3.05, 3.63) is 60.2 Å². The third-order valence-corrected chi connectivity index (χ3v) is 2.54. The molecule has 0 fully saturated rings. The van der Waals surface area contributed by atoms with E-state index in [1.807, 2.05) is 13.0 Å². The second kappa shape index (κ2) is 5.69. The largest absolute Gasteiger partial charge is 0.324 e. The Hall–Kier alpha value is -1.31. The first kappa shape index (κ1) is 12.8. The Morgan fingerprint density at radius 3 is 1.81 bits per heavy atom. The van der Waals surface area contributed by atoms with E-state index >= 15 is 0 Å². The molecule has 2 rings (SSSR count). The minimum Gasteiger partial charge on any atom is -0.324 e. The zero-order valence-electron chi connectivity index (χ0n) is 9.26. The van der Waals surface area contributed by atoms with Crippen LogP contribution in [0.25, 0.3) is 11.1 Å². The van der Waals surface area contributed by atoms with Crippen molar-refractivity contribution >= 4 is 12.4 Å². The summed E-state index contributed by atoms with van der Waals surface area (Å²) in [4.78, 5) is 0. The van der Waals surface area contributed by atoms with Crippen molar-refractivity contribution in [1.82, 2.24) is 0 Å². The monoisotopic (exact) mass is 233 g/mol. The lowest BCUT2D eigenvalue weighted by Crippen LogP contribution is -2.04. The predicted octanol–water partition coefficient (Wildman–Crippen LogP) is 3.80. The van der Waals surface area contributed by atoms with Gasteiger partial charge in [-0.05, 0) is 23.6 Å². The summed E-state index contributed by atoms with van der Waals surface area (Å²) in [5.41, 5.74) is 9.46. The Bertz CT molecular complexity index is 420. The molecule has 2 aromatic carbocycles. The van der Waals surface area contributed by atoms with Crippen molar-refractivity contribution in [3.63, 3.8) is 0 Å². The molecule has 0 aliphatic heterocycles. The molecule has 0 heterocycles. The average Bonchev–Trinajstić information content (AvgIpc) is 2.30. The molecule has 0 aromatic heterocycles. The molecular weight excluding hydrogens is 218 g/mol. The van der Waals surface area contributed by atoms with E-state index in [0.717, 1.165) is 0 Å². The van der Waals surface area contributed by atoms with Crippen LogP contribution in [0.1, 0.15) is 18.5 Å². The van der Waals surface area contributed by atoms with Gasteiger partial charge in [0, 0.05) is 6.04 Å². The minimum atomic E-state index is 0. The Morgan fingerprint density at radius 1 is 0.812 bits per heavy atom. The standard InChI is InChI=1S/C14H15N.ClH/c1-11(15)12-7-9-14(10-8-12)13-5-3-2-4-6-13;/h2-11H,15H2,1H3;1H/t11-;/m1./s1. The molecule has 0 unspecified atom stereocenters. The van der Waals surface area contributed by atoms with Crippen LogP contribution in [-0.4, -0.2) is 0 Å². The fraction of sp³-hybridized carbons (Fsp3) is 0.143. The molecule has 0 spiro atoms. The van der Waals surface area contributed by atoms with Crippen LogP contribution in [0, 0.1) is 0 Å². The summed E-state index contributed by atoms with van der Waals surface area (Å²) in [7, 11) is 0. The van der Waals surface area contributed by atoms with Crippen molar-refractivity contribution in [3.8, 4) is 11.1 Å². The van der Waals surface area contributed by atoms with E-state index in [1.54, 1.807) is 0 Å². The highest BCUT2D eigenvalue weighted by atomic mass is 35.5. The molecule has 0 saturated carbocycles. The van der Waals surface area contributed by atoms with Gasteiger partial charge in [0.25, 0.3) is 0 Å². The Morgan fingerprint density at radius 2 is 1.31 bits per heavy atom. The van der Waals surface area contributed by atoms with Gasteiger partial charge < -0.3 is 5.73 Å². The van der Waals surface area contributed by atoms with Gasteiger partial charge in [-0.3, -0.25) is 0 Å². The van der Waals surface area contributed by atoms with E-state index in [0.29, 0.717) is 0 Å². The fourth-order valence-corrected chi connectivity index (χ4v) is 1.61. The van der Waals surface area contributed by atoms with Gasteiger partial charge in [0.2, 0.25) is 0 Å². The predicted molar refractivity (Wildman–Crippen MR) is 71.7 cm³/mol. The summed E-state index contributed by atoms with van der Waals surface area (Å²) >= 11 is 0. The van der Waals surface area contributed by atoms with Crippen LogP contribution >= 0.6 is 12.4 Å². The number of rotatable bonds is 2. The SMILES string of the molecule is C[C@@H](N)c1ccc(-c2ccccc2)cc1.Cl. The van der Waals surface area contributed by atoms with Gasteiger partial charge >= 0.3 is 0 Å². The maximum Gasteiger partial charge on any atom is 0.0266 e. The number of hydrogen-bond acceptors (Lipinski definition) is 1. The normalized spacial score (nSPS) is 11.6. The molecule has 2 aromatic rings. The molecule has 1 nitrogen and oxygen atoms in total. The van der Waals surface area contributed by atoms with E-state index < -0.39 is 0 Å². The molecule has 2 N–H and O–H groups in total. The number of halogens is 1. The molecule has 0 saturated heterocycles. The average molecular weight is 234 g/mol. The zero-order chi connectivity index (χ0) is 10.7. The maximum absolute atomic E-state index is 5.80. The van der Waals surface area contributed by atoms with Crippen molar-refractivity contribution in [2.45, 2.75) is 13.0 Å². The van der Waals surface area contributed by atoms with Crippen LogP contribution in [0.15, 0.2) is 54.6 Å². The van der Waals surface area contributed by atoms with Gasteiger partial charge in [-0.1, -0.05) is 54.6 Å². The quantitative estimate of drug-likeness (QED) is 0.839. The third kappa shape index (κ3) is 2.84. The molecule has 0 radical (unpaired) electrons. The minimum absolute atomic E-state index is 0. The summed E-state index contributed by atoms with van der Waals surface area (Å²) in [5, 5.41) is 0. The first-order chi connectivity index (χ1) is 7.27. The van der Waals surface area contributed by atoms with Gasteiger partial charge in [-0.2, -0.15) is 0 Å². The molecule has 0 aliphatic carbocycles. The lowest BCUT2D eigenvalue weighted by atomic mass is 10.0. The van der Waals surface area contributed by atoms with Gasteiger partial charge in [-0.15, -0.1) is 12.4 Å². The number of benzene rings is 2. The molecule has 16 heavy (non-hydrogen) atoms. The van der Waals surface area contributed by atoms with Crippen molar-refractivity contribution in [1.29, 1.82) is 0 Å². The molecule has 0 amide bonds. The summed E-state index contributed by atoms with van der Waals surface area (Å²) < 4.78 is 0. The molecule has 0 aliphatic rings. The first-order valence-corrected chi connectivity index (χ1v) is 5.18. The topological polar surface area (TPSA) is 26.0 Å².